The standard InChI is InChI=1S/C11H18N2OS/c1-3-15-10-5-4-9(6-10)13-11(14)8(2)7-12/h8-10H,3-6H2,1-2H3,(H,13,14). The van der Waals surface area contributed by atoms with Gasteiger partial charge in [0.05, 0.1) is 6.07 Å². The van der Waals surface area contributed by atoms with Crippen LogP contribution in [-0.4, -0.2) is 23.0 Å². The van der Waals surface area contributed by atoms with E-state index in [0.29, 0.717) is 5.25 Å². The molecule has 0 radical (unpaired) electrons. The van der Waals surface area contributed by atoms with Gasteiger partial charge in [0.25, 0.3) is 0 Å². The van der Waals surface area contributed by atoms with Crippen LogP contribution < -0.4 is 5.32 Å². The van der Waals surface area contributed by atoms with E-state index in [0.717, 1.165) is 18.6 Å². The molecule has 0 aromatic carbocycles. The van der Waals surface area contributed by atoms with E-state index in [1.807, 2.05) is 17.8 Å². The summed E-state index contributed by atoms with van der Waals surface area (Å²) in [6.45, 7) is 3.80. The molecule has 0 aromatic heterocycles. The van der Waals surface area contributed by atoms with Crippen LogP contribution in [0, 0.1) is 17.2 Å². The highest BCUT2D eigenvalue weighted by atomic mass is 32.2. The molecule has 15 heavy (non-hydrogen) atoms. The molecule has 84 valence electrons. The number of thioether (sulfide) groups is 1. The molecule has 3 unspecified atom stereocenters. The highest BCUT2D eigenvalue weighted by molar-refractivity contribution is 7.99. The lowest BCUT2D eigenvalue weighted by molar-refractivity contribution is -0.123. The average Bonchev–Trinajstić information content (AvgIpc) is 2.65. The molecule has 1 N–H and O–H groups in total. The summed E-state index contributed by atoms with van der Waals surface area (Å²) in [7, 11) is 0. The Balaban J connectivity index is 2.30. The highest BCUT2D eigenvalue weighted by Crippen LogP contribution is 2.29. The third kappa shape index (κ3) is 3.75. The molecule has 0 saturated heterocycles. The van der Waals surface area contributed by atoms with Crippen LogP contribution >= 0.6 is 11.8 Å². The van der Waals surface area contributed by atoms with E-state index in [9.17, 15) is 4.79 Å². The second kappa shape index (κ2) is 6.02. The van der Waals surface area contributed by atoms with E-state index < -0.39 is 5.92 Å². The maximum atomic E-state index is 11.5. The SMILES string of the molecule is CCSC1CCC(NC(=O)C(C)C#N)C1. The number of nitriles is 1. The molecular formula is C11H18N2OS. The maximum Gasteiger partial charge on any atom is 0.237 e. The van der Waals surface area contributed by atoms with Crippen molar-refractivity contribution in [3.63, 3.8) is 0 Å². The Morgan fingerprint density at radius 1 is 1.67 bits per heavy atom. The fourth-order valence-electron chi connectivity index (χ4n) is 1.84. The number of amides is 1. The zero-order valence-electron chi connectivity index (χ0n) is 9.32. The molecule has 0 spiro atoms. The minimum atomic E-state index is -0.525. The van der Waals surface area contributed by atoms with Gasteiger partial charge < -0.3 is 5.32 Å². The summed E-state index contributed by atoms with van der Waals surface area (Å²) in [6, 6.07) is 2.25. The normalized spacial score (nSPS) is 27.0. The lowest BCUT2D eigenvalue weighted by Gasteiger charge is -2.13. The summed E-state index contributed by atoms with van der Waals surface area (Å²) in [5.41, 5.74) is 0. The first-order chi connectivity index (χ1) is 7.17. The molecule has 1 amide bonds. The first-order valence-corrected chi connectivity index (χ1v) is 6.53. The molecule has 1 aliphatic carbocycles. The third-order valence-electron chi connectivity index (χ3n) is 2.72. The minimum absolute atomic E-state index is 0.121. The molecule has 1 rings (SSSR count). The lowest BCUT2D eigenvalue weighted by atomic mass is 10.1. The highest BCUT2D eigenvalue weighted by Gasteiger charge is 2.26. The number of nitrogens with one attached hydrogen (secondary N) is 1. The van der Waals surface area contributed by atoms with Crippen LogP contribution in [0.1, 0.15) is 33.1 Å². The molecule has 1 saturated carbocycles. The average molecular weight is 226 g/mol. The molecule has 0 heterocycles. The molecule has 1 aliphatic rings. The second-order valence-electron chi connectivity index (χ2n) is 3.95. The van der Waals surface area contributed by atoms with Crippen LogP contribution in [0.15, 0.2) is 0 Å². The van der Waals surface area contributed by atoms with Crippen molar-refractivity contribution in [1.82, 2.24) is 5.32 Å². The van der Waals surface area contributed by atoms with Crippen molar-refractivity contribution in [1.29, 1.82) is 5.26 Å². The van der Waals surface area contributed by atoms with Gasteiger partial charge in [-0.15, -0.1) is 0 Å². The van der Waals surface area contributed by atoms with Gasteiger partial charge in [0.2, 0.25) is 5.91 Å². The van der Waals surface area contributed by atoms with Crippen molar-refractivity contribution in [2.45, 2.75) is 44.4 Å². The zero-order chi connectivity index (χ0) is 11.3. The van der Waals surface area contributed by atoms with E-state index in [-0.39, 0.29) is 11.9 Å². The molecule has 1 fully saturated rings. The largest absolute Gasteiger partial charge is 0.352 e. The summed E-state index contributed by atoms with van der Waals surface area (Å²) < 4.78 is 0. The van der Waals surface area contributed by atoms with Crippen molar-refractivity contribution in [3.05, 3.63) is 0 Å². The molecule has 0 aromatic rings. The predicted octanol–water partition coefficient (Wildman–Crippen LogP) is 1.94. The van der Waals surface area contributed by atoms with E-state index >= 15 is 0 Å². The van der Waals surface area contributed by atoms with E-state index in [4.69, 9.17) is 5.26 Å². The maximum absolute atomic E-state index is 11.5. The fraction of sp³-hybridized carbons (Fsp3) is 0.818. The smallest absolute Gasteiger partial charge is 0.237 e. The Kier molecular flexibility index (Phi) is 4.97. The van der Waals surface area contributed by atoms with E-state index in [1.165, 1.54) is 6.42 Å². The van der Waals surface area contributed by atoms with Crippen LogP contribution in [0.2, 0.25) is 0 Å². The molecular weight excluding hydrogens is 208 g/mol. The minimum Gasteiger partial charge on any atom is -0.352 e. The molecule has 3 nitrogen and oxygen atoms in total. The quantitative estimate of drug-likeness (QED) is 0.797. The summed E-state index contributed by atoms with van der Waals surface area (Å²) in [6.07, 6.45) is 3.30. The van der Waals surface area contributed by atoms with Crippen molar-refractivity contribution in [3.8, 4) is 6.07 Å². The van der Waals surface area contributed by atoms with Gasteiger partial charge >= 0.3 is 0 Å². The van der Waals surface area contributed by atoms with Gasteiger partial charge in [0.1, 0.15) is 5.92 Å². The lowest BCUT2D eigenvalue weighted by Crippen LogP contribution is -2.36. The summed E-state index contributed by atoms with van der Waals surface area (Å²) >= 11 is 1.97. The van der Waals surface area contributed by atoms with Gasteiger partial charge in [-0.2, -0.15) is 17.0 Å². The predicted molar refractivity (Wildman–Crippen MR) is 62.5 cm³/mol. The summed E-state index contributed by atoms with van der Waals surface area (Å²) in [5, 5.41) is 12.2. The number of carbonyl (C=O) groups excluding carboxylic acids is 1. The van der Waals surface area contributed by atoms with Crippen LogP contribution in [0.5, 0.6) is 0 Å². The van der Waals surface area contributed by atoms with Gasteiger partial charge in [-0.25, -0.2) is 0 Å². The van der Waals surface area contributed by atoms with E-state index in [2.05, 4.69) is 12.2 Å². The van der Waals surface area contributed by atoms with Crippen molar-refractivity contribution >= 4 is 17.7 Å². The topological polar surface area (TPSA) is 52.9 Å². The zero-order valence-corrected chi connectivity index (χ0v) is 10.1. The Morgan fingerprint density at radius 3 is 3.00 bits per heavy atom. The number of rotatable bonds is 4. The Bertz CT molecular complexity index is 262. The molecule has 0 bridgehead atoms. The van der Waals surface area contributed by atoms with Gasteiger partial charge in [-0.05, 0) is 31.9 Å². The Labute approximate surface area is 95.6 Å². The van der Waals surface area contributed by atoms with Crippen molar-refractivity contribution in [2.24, 2.45) is 5.92 Å². The molecule has 4 heteroatoms. The second-order valence-corrected chi connectivity index (χ2v) is 5.52. The van der Waals surface area contributed by atoms with Gasteiger partial charge in [-0.1, -0.05) is 6.92 Å². The summed E-state index contributed by atoms with van der Waals surface area (Å²) in [5.74, 6) is 0.493. The first-order valence-electron chi connectivity index (χ1n) is 5.49. The van der Waals surface area contributed by atoms with Crippen LogP contribution in [0.4, 0.5) is 0 Å². The van der Waals surface area contributed by atoms with Gasteiger partial charge in [0.15, 0.2) is 0 Å². The Morgan fingerprint density at radius 2 is 2.40 bits per heavy atom. The molecule has 3 atom stereocenters. The van der Waals surface area contributed by atoms with Crippen LogP contribution in [0.25, 0.3) is 0 Å². The van der Waals surface area contributed by atoms with Gasteiger partial charge in [0, 0.05) is 11.3 Å². The first kappa shape index (κ1) is 12.4. The van der Waals surface area contributed by atoms with E-state index in [1.54, 1.807) is 6.92 Å². The third-order valence-corrected chi connectivity index (χ3v) is 3.95. The van der Waals surface area contributed by atoms with Crippen molar-refractivity contribution in [2.75, 3.05) is 5.75 Å². The fourth-order valence-corrected chi connectivity index (χ4v) is 2.99. The number of nitrogens with zero attached hydrogens (tertiary/aromatic N) is 1. The number of carbonyl (C=O) groups is 1. The van der Waals surface area contributed by atoms with Gasteiger partial charge in [-0.3, -0.25) is 4.79 Å². The molecule has 0 aliphatic heterocycles. The monoisotopic (exact) mass is 226 g/mol. The van der Waals surface area contributed by atoms with Crippen LogP contribution in [-0.2, 0) is 4.79 Å². The number of hydrogen-bond acceptors (Lipinski definition) is 3. The van der Waals surface area contributed by atoms with Crippen LogP contribution in [0.3, 0.4) is 0 Å². The van der Waals surface area contributed by atoms with Crippen molar-refractivity contribution < 1.29 is 4.79 Å². The summed E-state index contributed by atoms with van der Waals surface area (Å²) in [4.78, 5) is 11.5. The Hall–Kier alpha value is -0.690. The number of hydrogen-bond donors (Lipinski definition) is 1.